The van der Waals surface area contributed by atoms with Gasteiger partial charge in [0.2, 0.25) is 5.91 Å². The van der Waals surface area contributed by atoms with E-state index < -0.39 is 33.5 Å². The van der Waals surface area contributed by atoms with E-state index in [0.29, 0.717) is 38.1 Å². The molecule has 1 aromatic heterocycles. The molecule has 0 aliphatic carbocycles. The molecule has 3 aliphatic heterocycles. The molecular weight excluding hydrogens is 725 g/mol. The van der Waals surface area contributed by atoms with Crippen molar-refractivity contribution >= 4 is 99.2 Å². The van der Waals surface area contributed by atoms with Crippen LogP contribution in [0.25, 0.3) is 16.7 Å². The predicted molar refractivity (Wildman–Crippen MR) is 192 cm³/mol. The summed E-state index contributed by atoms with van der Waals surface area (Å²) in [5.74, 6) is -3.72. The molecule has 0 atom stereocenters. The van der Waals surface area contributed by atoms with Gasteiger partial charge in [0.05, 0.1) is 51.0 Å². The number of nitrogens with zero attached hydrogens (tertiary/aromatic N) is 2. The Morgan fingerprint density at radius 2 is 1.44 bits per heavy atom. The van der Waals surface area contributed by atoms with Crippen LogP contribution in [0.2, 0.25) is 0 Å². The van der Waals surface area contributed by atoms with Gasteiger partial charge >= 0.3 is 23.9 Å². The summed E-state index contributed by atoms with van der Waals surface area (Å²) in [6.07, 6.45) is 0. The number of para-hydroxylation sites is 2. The summed E-state index contributed by atoms with van der Waals surface area (Å²) in [5.41, 5.74) is 2.37. The number of aryl methyl sites for hydroxylation is 1. The van der Waals surface area contributed by atoms with E-state index in [1.54, 1.807) is 11.0 Å². The summed E-state index contributed by atoms with van der Waals surface area (Å²) in [6.45, 7) is 5.53. The summed E-state index contributed by atoms with van der Waals surface area (Å²) in [7, 11) is 4.69. The zero-order chi connectivity index (χ0) is 36.1. The number of hydrogen-bond donors (Lipinski definition) is 0. The van der Waals surface area contributed by atoms with E-state index >= 15 is 0 Å². The Morgan fingerprint density at radius 1 is 0.840 bits per heavy atom. The Balaban J connectivity index is 1.56. The molecule has 0 N–H and O–H groups in total. The van der Waals surface area contributed by atoms with E-state index in [2.05, 4.69) is 4.98 Å². The Kier molecular flexibility index (Phi) is 9.67. The fraction of sp³-hybridized carbons (Fsp3) is 0.294. The molecule has 4 heterocycles. The number of carbonyl (C=O) groups is 5. The number of anilines is 1. The average molecular weight is 755 g/mol. The highest BCUT2D eigenvalue weighted by Gasteiger charge is 2.61. The summed E-state index contributed by atoms with van der Waals surface area (Å²) in [4.78, 5) is 74.5. The minimum atomic E-state index is -1.66. The number of carbonyl (C=O) groups excluding carboxylic acids is 5. The van der Waals surface area contributed by atoms with Crippen molar-refractivity contribution in [1.82, 2.24) is 4.98 Å². The number of oxazole rings is 1. The van der Waals surface area contributed by atoms with Gasteiger partial charge in [0.25, 0.3) is 5.22 Å². The molecule has 2 aromatic carbocycles. The second-order valence-electron chi connectivity index (χ2n) is 11.5. The van der Waals surface area contributed by atoms with Gasteiger partial charge in [-0.3, -0.25) is 4.79 Å². The molecule has 260 valence electrons. The maximum absolute atomic E-state index is 14.4. The minimum Gasteiger partial charge on any atom is -0.466 e. The van der Waals surface area contributed by atoms with Crippen LogP contribution in [0.1, 0.15) is 25.0 Å². The lowest BCUT2D eigenvalue weighted by Crippen LogP contribution is -2.54. The van der Waals surface area contributed by atoms with Crippen molar-refractivity contribution in [3.63, 3.8) is 0 Å². The molecule has 1 spiro atoms. The lowest BCUT2D eigenvalue weighted by Gasteiger charge is -2.50. The van der Waals surface area contributed by atoms with Gasteiger partial charge in [0.15, 0.2) is 5.58 Å². The Labute approximate surface area is 303 Å². The molecule has 0 unspecified atom stereocenters. The number of benzene rings is 2. The molecule has 6 rings (SSSR count). The SMILES string of the molecule is COC(=O)C1=C(C(=O)OC)SC2(S1)C(C(=O)OC)=C(C(=O)OC)SC1=C2c2cc(C)ccc2N(C(=O)CSc2nc3ccccc3o2)C1(C)C. The maximum Gasteiger partial charge on any atom is 0.345 e. The van der Waals surface area contributed by atoms with Gasteiger partial charge in [-0.1, -0.05) is 70.8 Å². The average Bonchev–Trinajstić information content (AvgIpc) is 3.71. The third kappa shape index (κ3) is 5.71. The predicted octanol–water partition coefficient (Wildman–Crippen LogP) is 5.85. The van der Waals surface area contributed by atoms with Crippen LogP contribution in [0.4, 0.5) is 5.69 Å². The van der Waals surface area contributed by atoms with Crippen LogP contribution in [-0.2, 0) is 42.9 Å². The van der Waals surface area contributed by atoms with Crippen molar-refractivity contribution in [2.45, 2.75) is 35.6 Å². The first-order chi connectivity index (χ1) is 23.8. The molecule has 0 fully saturated rings. The quantitative estimate of drug-likeness (QED) is 0.161. The Hall–Kier alpha value is -4.12. The van der Waals surface area contributed by atoms with Gasteiger partial charge in [0, 0.05) is 16.0 Å². The fourth-order valence-electron chi connectivity index (χ4n) is 5.98. The normalized spacial score (nSPS) is 17.5. The third-order valence-corrected chi connectivity index (χ3v) is 13.6. The van der Waals surface area contributed by atoms with Crippen LogP contribution in [0.3, 0.4) is 0 Å². The number of amides is 1. The molecule has 0 saturated heterocycles. The van der Waals surface area contributed by atoms with Gasteiger partial charge in [-0.05, 0) is 45.0 Å². The number of esters is 4. The lowest BCUT2D eigenvalue weighted by molar-refractivity contribution is -0.138. The van der Waals surface area contributed by atoms with Gasteiger partial charge in [0.1, 0.15) is 24.3 Å². The van der Waals surface area contributed by atoms with Gasteiger partial charge in [-0.15, -0.1) is 0 Å². The molecule has 50 heavy (non-hydrogen) atoms. The van der Waals surface area contributed by atoms with Gasteiger partial charge < -0.3 is 28.3 Å². The number of hydrogen-bond acceptors (Lipinski definition) is 15. The highest BCUT2D eigenvalue weighted by atomic mass is 32.2. The van der Waals surface area contributed by atoms with Crippen LogP contribution in [0, 0.1) is 6.92 Å². The molecule has 1 amide bonds. The lowest BCUT2D eigenvalue weighted by atomic mass is 9.83. The van der Waals surface area contributed by atoms with E-state index in [-0.39, 0.29) is 31.9 Å². The second-order valence-corrected chi connectivity index (χ2v) is 16.2. The number of thioether (sulfide) groups is 4. The van der Waals surface area contributed by atoms with Gasteiger partial charge in [-0.2, -0.15) is 0 Å². The van der Waals surface area contributed by atoms with Crippen LogP contribution in [0.5, 0.6) is 0 Å². The van der Waals surface area contributed by atoms with Crippen molar-refractivity contribution in [2.75, 3.05) is 39.1 Å². The molecule has 3 aromatic rings. The van der Waals surface area contributed by atoms with E-state index in [1.807, 2.05) is 57.2 Å². The number of aromatic nitrogens is 1. The molecule has 0 radical (unpaired) electrons. The van der Waals surface area contributed by atoms with E-state index in [1.165, 1.54) is 28.4 Å². The summed E-state index contributed by atoms with van der Waals surface area (Å²) < 4.78 is 24.7. The van der Waals surface area contributed by atoms with Crippen molar-refractivity contribution in [1.29, 1.82) is 0 Å². The summed E-state index contributed by atoms with van der Waals surface area (Å²) >= 11 is 3.89. The summed E-state index contributed by atoms with van der Waals surface area (Å²) in [5, 5.41) is 0.332. The first-order valence-electron chi connectivity index (χ1n) is 14.9. The zero-order valence-electron chi connectivity index (χ0n) is 27.9. The van der Waals surface area contributed by atoms with E-state index in [9.17, 15) is 24.0 Å². The van der Waals surface area contributed by atoms with Crippen LogP contribution < -0.4 is 4.90 Å². The monoisotopic (exact) mass is 754 g/mol. The topological polar surface area (TPSA) is 152 Å². The highest BCUT2D eigenvalue weighted by molar-refractivity contribution is 8.26. The van der Waals surface area contributed by atoms with Crippen molar-refractivity contribution < 1.29 is 47.3 Å². The number of methoxy groups -OCH3 is 4. The molecular formula is C34H30N2O10S4. The number of ether oxygens (including phenoxy) is 4. The van der Waals surface area contributed by atoms with Crippen LogP contribution >= 0.6 is 47.0 Å². The smallest absolute Gasteiger partial charge is 0.345 e. The second kappa shape index (κ2) is 13.5. The van der Waals surface area contributed by atoms with Crippen molar-refractivity contribution in [3.05, 3.63) is 78.8 Å². The molecule has 0 bridgehead atoms. The number of rotatable bonds is 7. The van der Waals surface area contributed by atoms with E-state index in [4.69, 9.17) is 23.4 Å². The van der Waals surface area contributed by atoms with E-state index in [0.717, 1.165) is 52.6 Å². The highest BCUT2D eigenvalue weighted by Crippen LogP contribution is 2.71. The fourth-order valence-corrected chi connectivity index (χ4v) is 11.7. The maximum atomic E-state index is 14.4. The standard InChI is InChI=1S/C34H30N2O10S4/c1-16-12-13-19-17(14-16)22-27(33(2,3)36(19)21(37)15-47-32-35-18-10-8-9-11-20(18)46-32)48-24(29(39)43-5)23(28(38)42-4)34(22)49-25(30(40)44-6)26(50-34)31(41)45-7/h8-14H,15H2,1-7H3. The minimum absolute atomic E-state index is 0.0425. The molecule has 3 aliphatic rings. The first kappa shape index (κ1) is 35.7. The summed E-state index contributed by atoms with van der Waals surface area (Å²) in [6, 6.07) is 12.8. The Bertz CT molecular complexity index is 2040. The largest absolute Gasteiger partial charge is 0.466 e. The zero-order valence-corrected chi connectivity index (χ0v) is 31.1. The molecule has 12 nitrogen and oxygen atoms in total. The van der Waals surface area contributed by atoms with Crippen LogP contribution in [-0.4, -0.2) is 78.6 Å². The first-order valence-corrected chi connectivity index (χ1v) is 18.3. The molecule has 0 saturated carbocycles. The third-order valence-electron chi connectivity index (χ3n) is 8.14. The Morgan fingerprint density at radius 3 is 2.04 bits per heavy atom. The van der Waals surface area contributed by atoms with Crippen molar-refractivity contribution in [2.24, 2.45) is 0 Å². The molecule has 16 heteroatoms. The van der Waals surface area contributed by atoms with Crippen LogP contribution in [0.15, 0.2) is 77.3 Å². The van der Waals surface area contributed by atoms with Crippen molar-refractivity contribution in [3.8, 4) is 0 Å². The van der Waals surface area contributed by atoms with Gasteiger partial charge in [-0.25, -0.2) is 24.2 Å². The number of fused-ring (bicyclic) bond motifs is 4.